The van der Waals surface area contributed by atoms with Crippen LogP contribution in [0.5, 0.6) is 0 Å². The second-order valence-corrected chi connectivity index (χ2v) is 4.42. The molecule has 2 N–H and O–H groups in total. The first kappa shape index (κ1) is 16.6. The van der Waals surface area contributed by atoms with E-state index in [1.165, 1.54) is 17.0 Å². The van der Waals surface area contributed by atoms with E-state index in [2.05, 4.69) is 10.6 Å². The molecule has 0 aromatic heterocycles. The molecule has 1 rings (SSSR count). The van der Waals surface area contributed by atoms with Crippen LogP contribution in [-0.2, 0) is 6.18 Å². The summed E-state index contributed by atoms with van der Waals surface area (Å²) in [5.74, 6) is 0. The fourth-order valence-electron chi connectivity index (χ4n) is 1.53. The average Bonchev–Trinajstić information content (AvgIpc) is 2.41. The van der Waals surface area contributed by atoms with Crippen LogP contribution in [0, 0.1) is 11.3 Å². The van der Waals surface area contributed by atoms with Crippen LogP contribution in [0.4, 0.5) is 23.7 Å². The Morgan fingerprint density at radius 1 is 1.33 bits per heavy atom. The third-order valence-corrected chi connectivity index (χ3v) is 2.58. The van der Waals surface area contributed by atoms with Crippen LogP contribution in [0.2, 0.25) is 0 Å². The van der Waals surface area contributed by atoms with E-state index in [1.54, 1.807) is 14.1 Å². The van der Waals surface area contributed by atoms with E-state index in [0.29, 0.717) is 18.8 Å². The van der Waals surface area contributed by atoms with E-state index < -0.39 is 17.3 Å². The lowest BCUT2D eigenvalue weighted by Gasteiger charge is -2.13. The molecule has 8 heteroatoms. The highest BCUT2D eigenvalue weighted by Gasteiger charge is 2.33. The van der Waals surface area contributed by atoms with E-state index >= 15 is 0 Å². The quantitative estimate of drug-likeness (QED) is 0.838. The molecule has 0 radical (unpaired) electrons. The van der Waals surface area contributed by atoms with Gasteiger partial charge in [0.05, 0.1) is 17.2 Å². The second kappa shape index (κ2) is 6.83. The Morgan fingerprint density at radius 3 is 2.52 bits per heavy atom. The van der Waals surface area contributed by atoms with Gasteiger partial charge in [-0.2, -0.15) is 18.4 Å². The molecule has 0 saturated heterocycles. The van der Waals surface area contributed by atoms with Crippen molar-refractivity contribution in [2.75, 3.05) is 32.5 Å². The van der Waals surface area contributed by atoms with Gasteiger partial charge < -0.3 is 15.5 Å². The summed E-state index contributed by atoms with van der Waals surface area (Å²) in [6, 6.07) is 4.51. The normalized spacial score (nSPS) is 10.7. The Hall–Kier alpha value is -2.43. The number of hydrogen-bond donors (Lipinski definition) is 2. The Kier molecular flexibility index (Phi) is 5.41. The molecule has 0 bridgehead atoms. The number of benzene rings is 1. The Labute approximate surface area is 120 Å². The summed E-state index contributed by atoms with van der Waals surface area (Å²) < 4.78 is 37.8. The van der Waals surface area contributed by atoms with Crippen molar-refractivity contribution in [2.24, 2.45) is 0 Å². The molecule has 0 aliphatic rings. The lowest BCUT2D eigenvalue weighted by Crippen LogP contribution is -2.37. The van der Waals surface area contributed by atoms with Crippen LogP contribution < -0.4 is 10.6 Å². The van der Waals surface area contributed by atoms with Crippen molar-refractivity contribution in [1.29, 1.82) is 5.26 Å². The molecule has 21 heavy (non-hydrogen) atoms. The summed E-state index contributed by atoms with van der Waals surface area (Å²) in [5, 5.41) is 14.2. The topological polar surface area (TPSA) is 68.2 Å². The standard InChI is InChI=1S/C13H15F3N4O/c1-20(2)12(21)19-6-5-18-10-3-4-11(13(14,15)16)9(7-10)8-17/h3-4,7,18H,5-6H2,1-2H3,(H,19,21). The molecule has 0 aliphatic carbocycles. The summed E-state index contributed by atoms with van der Waals surface area (Å²) in [6.45, 7) is 0.635. The molecule has 0 saturated carbocycles. The van der Waals surface area contributed by atoms with Crippen molar-refractivity contribution in [3.8, 4) is 6.07 Å². The molecule has 5 nitrogen and oxygen atoms in total. The van der Waals surface area contributed by atoms with E-state index in [-0.39, 0.29) is 6.03 Å². The Bertz CT molecular complexity index is 549. The van der Waals surface area contributed by atoms with Gasteiger partial charge in [-0.15, -0.1) is 0 Å². The van der Waals surface area contributed by atoms with Crippen LogP contribution in [0.15, 0.2) is 18.2 Å². The Balaban J connectivity index is 2.62. The molecule has 0 atom stereocenters. The van der Waals surface area contributed by atoms with Crippen molar-refractivity contribution < 1.29 is 18.0 Å². The third-order valence-electron chi connectivity index (χ3n) is 2.58. The van der Waals surface area contributed by atoms with E-state index in [9.17, 15) is 18.0 Å². The zero-order chi connectivity index (χ0) is 16.0. The zero-order valence-corrected chi connectivity index (χ0v) is 11.6. The number of nitrogens with one attached hydrogen (secondary N) is 2. The number of hydrogen-bond acceptors (Lipinski definition) is 3. The molecule has 2 amide bonds. The monoisotopic (exact) mass is 300 g/mol. The number of carbonyl (C=O) groups is 1. The van der Waals surface area contributed by atoms with Crippen molar-refractivity contribution in [3.05, 3.63) is 29.3 Å². The number of anilines is 1. The number of carbonyl (C=O) groups excluding carboxylic acids is 1. The van der Waals surface area contributed by atoms with Crippen LogP contribution in [0.3, 0.4) is 0 Å². The van der Waals surface area contributed by atoms with E-state index in [4.69, 9.17) is 5.26 Å². The summed E-state index contributed by atoms with van der Waals surface area (Å²) in [4.78, 5) is 12.6. The summed E-state index contributed by atoms with van der Waals surface area (Å²) in [5.41, 5.74) is -1.01. The van der Waals surface area contributed by atoms with Crippen molar-refractivity contribution >= 4 is 11.7 Å². The fraction of sp³-hybridized carbons (Fsp3) is 0.385. The summed E-state index contributed by atoms with van der Waals surface area (Å²) in [6.07, 6.45) is -4.55. The first-order chi connectivity index (χ1) is 9.75. The maximum Gasteiger partial charge on any atom is 0.417 e. The first-order valence-electron chi connectivity index (χ1n) is 6.06. The van der Waals surface area contributed by atoms with Crippen LogP contribution in [-0.4, -0.2) is 38.1 Å². The van der Waals surface area contributed by atoms with E-state index in [0.717, 1.165) is 12.1 Å². The minimum Gasteiger partial charge on any atom is -0.383 e. The number of rotatable bonds is 4. The van der Waals surface area contributed by atoms with Gasteiger partial charge in [-0.05, 0) is 18.2 Å². The van der Waals surface area contributed by atoms with Gasteiger partial charge in [0.1, 0.15) is 0 Å². The number of alkyl halides is 3. The summed E-state index contributed by atoms with van der Waals surface area (Å²) >= 11 is 0. The number of halogens is 3. The highest BCUT2D eigenvalue weighted by atomic mass is 19.4. The van der Waals surface area contributed by atoms with Gasteiger partial charge in [-0.1, -0.05) is 0 Å². The Morgan fingerprint density at radius 2 is 2.00 bits per heavy atom. The molecule has 114 valence electrons. The molecule has 1 aromatic carbocycles. The molecule has 0 heterocycles. The van der Waals surface area contributed by atoms with Crippen LogP contribution >= 0.6 is 0 Å². The van der Waals surface area contributed by atoms with Crippen molar-refractivity contribution in [1.82, 2.24) is 10.2 Å². The lowest BCUT2D eigenvalue weighted by molar-refractivity contribution is -0.137. The van der Waals surface area contributed by atoms with Gasteiger partial charge >= 0.3 is 12.2 Å². The van der Waals surface area contributed by atoms with E-state index in [1.807, 2.05) is 0 Å². The third kappa shape index (κ3) is 4.87. The maximum absolute atomic E-state index is 12.6. The number of urea groups is 1. The predicted octanol–water partition coefficient (Wildman–Crippen LogP) is 2.26. The largest absolute Gasteiger partial charge is 0.417 e. The first-order valence-corrected chi connectivity index (χ1v) is 6.06. The van der Waals surface area contributed by atoms with Gasteiger partial charge in [0, 0.05) is 32.9 Å². The van der Waals surface area contributed by atoms with Crippen molar-refractivity contribution in [2.45, 2.75) is 6.18 Å². The number of nitriles is 1. The lowest BCUT2D eigenvalue weighted by atomic mass is 10.1. The van der Waals surface area contributed by atoms with Crippen LogP contribution in [0.1, 0.15) is 11.1 Å². The van der Waals surface area contributed by atoms with Gasteiger partial charge in [0.25, 0.3) is 0 Å². The minimum atomic E-state index is -4.55. The molecule has 0 fully saturated rings. The molecule has 0 spiro atoms. The number of amides is 2. The van der Waals surface area contributed by atoms with Gasteiger partial charge in [0.15, 0.2) is 0 Å². The van der Waals surface area contributed by atoms with Gasteiger partial charge in [-0.3, -0.25) is 0 Å². The van der Waals surface area contributed by atoms with Gasteiger partial charge in [-0.25, -0.2) is 4.79 Å². The fourth-order valence-corrected chi connectivity index (χ4v) is 1.53. The smallest absolute Gasteiger partial charge is 0.383 e. The van der Waals surface area contributed by atoms with Crippen molar-refractivity contribution in [3.63, 3.8) is 0 Å². The summed E-state index contributed by atoms with van der Waals surface area (Å²) in [7, 11) is 3.19. The average molecular weight is 300 g/mol. The van der Waals surface area contributed by atoms with Gasteiger partial charge in [0.2, 0.25) is 0 Å². The molecule has 1 aromatic rings. The highest BCUT2D eigenvalue weighted by molar-refractivity contribution is 5.73. The number of nitrogens with zero attached hydrogens (tertiary/aromatic N) is 2. The highest BCUT2D eigenvalue weighted by Crippen LogP contribution is 2.32. The SMILES string of the molecule is CN(C)C(=O)NCCNc1ccc(C(F)(F)F)c(C#N)c1. The second-order valence-electron chi connectivity index (χ2n) is 4.42. The predicted molar refractivity (Wildman–Crippen MR) is 71.7 cm³/mol. The van der Waals surface area contributed by atoms with Crippen LogP contribution in [0.25, 0.3) is 0 Å². The molecule has 0 aliphatic heterocycles. The molecular formula is C13H15F3N4O. The zero-order valence-electron chi connectivity index (χ0n) is 11.6. The maximum atomic E-state index is 12.6. The minimum absolute atomic E-state index is 0.262. The molecule has 0 unspecified atom stereocenters. The molecular weight excluding hydrogens is 285 g/mol.